The molecule has 0 aliphatic heterocycles. The van der Waals surface area contributed by atoms with E-state index in [1.807, 2.05) is 0 Å². The number of hydrogen-bond donors (Lipinski definition) is 0. The van der Waals surface area contributed by atoms with Crippen molar-refractivity contribution in [2.45, 2.75) is 0 Å². The van der Waals surface area contributed by atoms with Crippen LogP contribution in [0.25, 0.3) is 0 Å². The maximum absolute atomic E-state index is 12.9. The van der Waals surface area contributed by atoms with Gasteiger partial charge in [0.15, 0.2) is 5.75 Å². The van der Waals surface area contributed by atoms with Crippen LogP contribution in [0.4, 0.5) is 4.39 Å². The van der Waals surface area contributed by atoms with E-state index < -0.39 is 5.95 Å². The summed E-state index contributed by atoms with van der Waals surface area (Å²) in [6, 6.07) is 3.17. The van der Waals surface area contributed by atoms with Crippen LogP contribution in [0.15, 0.2) is 16.7 Å². The van der Waals surface area contributed by atoms with E-state index in [1.54, 1.807) is 6.07 Å². The second-order valence-corrected chi connectivity index (χ2v) is 3.57. The number of nitrogens with zero attached hydrogens (tertiary/aromatic N) is 1. The Bertz CT molecular complexity index is 270. The van der Waals surface area contributed by atoms with Crippen LogP contribution in [0.5, 0.6) is 5.75 Å². The van der Waals surface area contributed by atoms with Gasteiger partial charge in [0.25, 0.3) is 5.95 Å². The summed E-state index contributed by atoms with van der Waals surface area (Å²) < 4.78 is 18.4. The third-order valence-corrected chi connectivity index (χ3v) is 1.88. The monoisotopic (exact) mass is 297 g/mol. The van der Waals surface area contributed by atoms with E-state index in [9.17, 15) is 4.39 Å². The molecule has 0 amide bonds. The lowest BCUT2D eigenvalue weighted by molar-refractivity contribution is 0.320. The van der Waals surface area contributed by atoms with Crippen molar-refractivity contribution in [3.63, 3.8) is 0 Å². The average molecular weight is 299 g/mol. The highest BCUT2D eigenvalue weighted by molar-refractivity contribution is 9.10. The fourth-order valence-corrected chi connectivity index (χ4v) is 1.11. The number of rotatable bonds is 3. The van der Waals surface area contributed by atoms with Gasteiger partial charge in [-0.05, 0) is 28.1 Å². The van der Waals surface area contributed by atoms with Gasteiger partial charge in [0.2, 0.25) is 0 Å². The summed E-state index contributed by atoms with van der Waals surface area (Å²) in [5.41, 5.74) is 0. The van der Waals surface area contributed by atoms with Crippen LogP contribution >= 0.6 is 31.9 Å². The highest BCUT2D eigenvalue weighted by atomic mass is 79.9. The highest BCUT2D eigenvalue weighted by Crippen LogP contribution is 2.17. The predicted molar refractivity (Wildman–Crippen MR) is 51.2 cm³/mol. The van der Waals surface area contributed by atoms with Crippen LogP contribution in [-0.2, 0) is 0 Å². The third kappa shape index (κ3) is 2.71. The Hall–Kier alpha value is -0.160. The van der Waals surface area contributed by atoms with Gasteiger partial charge >= 0.3 is 0 Å². The van der Waals surface area contributed by atoms with Crippen LogP contribution in [0.3, 0.4) is 0 Å². The molecule has 2 nitrogen and oxygen atoms in total. The molecule has 5 heteroatoms. The standard InChI is InChI=1S/C7H6Br2FNO/c8-3-4-12-5-1-2-6(9)11-7(5)10/h1-2H,3-4H2. The summed E-state index contributed by atoms with van der Waals surface area (Å²) >= 11 is 6.22. The first-order chi connectivity index (χ1) is 5.74. The van der Waals surface area contributed by atoms with Crippen molar-refractivity contribution in [3.8, 4) is 5.75 Å². The molecule has 0 radical (unpaired) electrons. The zero-order valence-corrected chi connectivity index (χ0v) is 9.23. The molecule has 0 bridgehead atoms. The molecule has 12 heavy (non-hydrogen) atoms. The lowest BCUT2D eigenvalue weighted by atomic mass is 10.4. The summed E-state index contributed by atoms with van der Waals surface area (Å²) in [5, 5.41) is 0.669. The van der Waals surface area contributed by atoms with Gasteiger partial charge in [-0.2, -0.15) is 4.39 Å². The average Bonchev–Trinajstić information content (AvgIpc) is 2.03. The Morgan fingerprint density at radius 3 is 2.83 bits per heavy atom. The van der Waals surface area contributed by atoms with E-state index in [-0.39, 0.29) is 5.75 Å². The van der Waals surface area contributed by atoms with Gasteiger partial charge in [-0.15, -0.1) is 0 Å². The zero-order chi connectivity index (χ0) is 8.97. The molecule has 0 spiro atoms. The predicted octanol–water partition coefficient (Wildman–Crippen LogP) is 2.76. The molecule has 0 aliphatic rings. The fraction of sp³-hybridized carbons (Fsp3) is 0.286. The molecule has 0 saturated heterocycles. The van der Waals surface area contributed by atoms with Crippen molar-refractivity contribution in [3.05, 3.63) is 22.7 Å². The molecular weight excluding hydrogens is 293 g/mol. The van der Waals surface area contributed by atoms with Gasteiger partial charge in [0.1, 0.15) is 4.60 Å². The number of ether oxygens (including phenoxy) is 1. The number of alkyl halides is 1. The zero-order valence-electron chi connectivity index (χ0n) is 6.06. The maximum atomic E-state index is 12.9. The number of pyridine rings is 1. The minimum Gasteiger partial charge on any atom is -0.488 e. The van der Waals surface area contributed by atoms with Crippen molar-refractivity contribution >= 4 is 31.9 Å². The summed E-state index contributed by atoms with van der Waals surface area (Å²) in [7, 11) is 0. The molecule has 0 saturated carbocycles. The first-order valence-corrected chi connectivity index (χ1v) is 5.16. The lowest BCUT2D eigenvalue weighted by Gasteiger charge is -2.03. The number of halogens is 3. The minimum absolute atomic E-state index is 0.178. The SMILES string of the molecule is Fc1nc(Br)ccc1OCCBr. The van der Waals surface area contributed by atoms with E-state index in [0.717, 1.165) is 0 Å². The smallest absolute Gasteiger partial charge is 0.256 e. The van der Waals surface area contributed by atoms with Gasteiger partial charge in [-0.3, -0.25) is 0 Å². The van der Waals surface area contributed by atoms with E-state index >= 15 is 0 Å². The summed E-state index contributed by atoms with van der Waals surface area (Å²) in [4.78, 5) is 3.54. The van der Waals surface area contributed by atoms with E-state index in [0.29, 0.717) is 16.5 Å². The number of hydrogen-bond acceptors (Lipinski definition) is 2. The van der Waals surface area contributed by atoms with Crippen LogP contribution < -0.4 is 4.74 Å². The van der Waals surface area contributed by atoms with Crippen molar-refractivity contribution in [1.29, 1.82) is 0 Å². The van der Waals surface area contributed by atoms with Crippen molar-refractivity contribution in [2.24, 2.45) is 0 Å². The highest BCUT2D eigenvalue weighted by Gasteiger charge is 2.03. The second kappa shape index (κ2) is 4.77. The minimum atomic E-state index is -0.592. The summed E-state index contributed by atoms with van der Waals surface area (Å²) in [6.45, 7) is 0.431. The molecule has 0 aromatic carbocycles. The molecule has 0 aliphatic carbocycles. The van der Waals surface area contributed by atoms with Gasteiger partial charge in [-0.25, -0.2) is 4.98 Å². The summed E-state index contributed by atoms with van der Waals surface area (Å²) in [5.74, 6) is -0.414. The fourth-order valence-electron chi connectivity index (χ4n) is 0.656. The van der Waals surface area contributed by atoms with E-state index in [1.165, 1.54) is 6.07 Å². The molecule has 66 valence electrons. The van der Waals surface area contributed by atoms with E-state index in [2.05, 4.69) is 36.8 Å². The molecule has 0 atom stereocenters. The van der Waals surface area contributed by atoms with Crippen molar-refractivity contribution in [2.75, 3.05) is 11.9 Å². The molecule has 1 rings (SSSR count). The van der Waals surface area contributed by atoms with Crippen molar-refractivity contribution < 1.29 is 9.13 Å². The Kier molecular flexibility index (Phi) is 3.94. The molecular formula is C7H6Br2FNO. The molecule has 0 fully saturated rings. The lowest BCUT2D eigenvalue weighted by Crippen LogP contribution is -2.00. The first kappa shape index (κ1) is 9.92. The molecule has 0 N–H and O–H groups in total. The van der Waals surface area contributed by atoms with Gasteiger partial charge in [-0.1, -0.05) is 15.9 Å². The Labute approximate surface area is 86.4 Å². The molecule has 0 unspecified atom stereocenters. The van der Waals surface area contributed by atoms with E-state index in [4.69, 9.17) is 4.74 Å². The van der Waals surface area contributed by atoms with Crippen molar-refractivity contribution in [1.82, 2.24) is 4.98 Å². The van der Waals surface area contributed by atoms with Crippen LogP contribution in [0.2, 0.25) is 0 Å². The Morgan fingerprint density at radius 1 is 1.50 bits per heavy atom. The van der Waals surface area contributed by atoms with Gasteiger partial charge in [0, 0.05) is 5.33 Å². The van der Waals surface area contributed by atoms with Crippen LogP contribution in [0.1, 0.15) is 0 Å². The van der Waals surface area contributed by atoms with Crippen LogP contribution in [0, 0.1) is 5.95 Å². The molecule has 1 heterocycles. The maximum Gasteiger partial charge on any atom is 0.256 e. The third-order valence-electron chi connectivity index (χ3n) is 1.12. The number of aromatic nitrogens is 1. The normalized spacial score (nSPS) is 9.92. The second-order valence-electron chi connectivity index (χ2n) is 1.96. The van der Waals surface area contributed by atoms with Gasteiger partial charge < -0.3 is 4.74 Å². The first-order valence-electron chi connectivity index (χ1n) is 3.25. The van der Waals surface area contributed by atoms with Gasteiger partial charge in [0.05, 0.1) is 6.61 Å². The summed E-state index contributed by atoms with van der Waals surface area (Å²) in [6.07, 6.45) is 0. The topological polar surface area (TPSA) is 22.1 Å². The quantitative estimate of drug-likeness (QED) is 0.632. The Morgan fingerprint density at radius 2 is 2.25 bits per heavy atom. The molecule has 1 aromatic rings. The van der Waals surface area contributed by atoms with Crippen LogP contribution in [-0.4, -0.2) is 16.9 Å². The largest absolute Gasteiger partial charge is 0.488 e. The molecule has 1 aromatic heterocycles. The Balaban J connectivity index is 2.72.